The van der Waals surface area contributed by atoms with Crippen molar-refractivity contribution in [1.29, 1.82) is 0 Å². The highest BCUT2D eigenvalue weighted by Crippen LogP contribution is 2.27. The Morgan fingerprint density at radius 3 is 2.47 bits per heavy atom. The Labute approximate surface area is 117 Å². The molecule has 1 heterocycles. The Balaban J connectivity index is 1.85. The number of likely N-dealkylation sites (tertiary alicyclic amines) is 1. The van der Waals surface area contributed by atoms with Crippen LogP contribution in [0.2, 0.25) is 0 Å². The molecule has 0 aromatic heterocycles. The highest BCUT2D eigenvalue weighted by atomic mass is 16.2. The summed E-state index contributed by atoms with van der Waals surface area (Å²) in [5, 5.41) is 0. The Morgan fingerprint density at radius 1 is 1.11 bits per heavy atom. The number of amides is 1. The third kappa shape index (κ3) is 3.95. The van der Waals surface area contributed by atoms with Crippen LogP contribution in [0.4, 0.5) is 0 Å². The van der Waals surface area contributed by atoms with Crippen LogP contribution in [-0.4, -0.2) is 29.9 Å². The predicted molar refractivity (Wildman–Crippen MR) is 78.8 cm³/mol. The molecule has 2 N–H and O–H groups in total. The minimum Gasteiger partial charge on any atom is -0.342 e. The monoisotopic (exact) mass is 266 g/mol. The van der Waals surface area contributed by atoms with Crippen LogP contribution < -0.4 is 5.73 Å². The lowest BCUT2D eigenvalue weighted by Gasteiger charge is -2.35. The lowest BCUT2D eigenvalue weighted by molar-refractivity contribution is -0.137. The number of carbonyl (C=O) groups excluding carboxylic acids is 1. The van der Waals surface area contributed by atoms with Crippen molar-refractivity contribution in [3.8, 4) is 0 Å². The summed E-state index contributed by atoms with van der Waals surface area (Å²) in [5.74, 6) is 1.30. The summed E-state index contributed by atoms with van der Waals surface area (Å²) in [6.07, 6.45) is 10.6. The molecule has 1 saturated carbocycles. The van der Waals surface area contributed by atoms with Crippen molar-refractivity contribution in [1.82, 2.24) is 4.90 Å². The van der Waals surface area contributed by atoms with Gasteiger partial charge in [0.25, 0.3) is 0 Å². The van der Waals surface area contributed by atoms with E-state index in [1.165, 1.54) is 44.9 Å². The van der Waals surface area contributed by atoms with Crippen LogP contribution in [0.1, 0.15) is 64.7 Å². The van der Waals surface area contributed by atoms with Crippen molar-refractivity contribution in [2.24, 2.45) is 17.6 Å². The molecule has 2 fully saturated rings. The van der Waals surface area contributed by atoms with E-state index in [0.29, 0.717) is 5.91 Å². The van der Waals surface area contributed by atoms with Crippen LogP contribution in [0.3, 0.4) is 0 Å². The smallest absolute Gasteiger partial charge is 0.227 e. The van der Waals surface area contributed by atoms with E-state index in [0.717, 1.165) is 31.8 Å². The lowest BCUT2D eigenvalue weighted by Crippen LogP contribution is -2.46. The molecule has 1 saturated heterocycles. The normalized spacial score (nSPS) is 30.1. The van der Waals surface area contributed by atoms with E-state index in [2.05, 4.69) is 11.8 Å². The molecule has 0 aromatic rings. The maximum Gasteiger partial charge on any atom is 0.227 e. The molecule has 3 nitrogen and oxygen atoms in total. The Morgan fingerprint density at radius 2 is 1.79 bits per heavy atom. The third-order valence-corrected chi connectivity index (χ3v) is 5.01. The second-order valence-electron chi connectivity index (χ2n) is 6.47. The quantitative estimate of drug-likeness (QED) is 0.798. The van der Waals surface area contributed by atoms with Crippen molar-refractivity contribution < 1.29 is 4.79 Å². The Hall–Kier alpha value is -0.570. The molecule has 0 aromatic carbocycles. The molecule has 2 unspecified atom stereocenters. The van der Waals surface area contributed by atoms with Gasteiger partial charge in [-0.05, 0) is 31.6 Å². The van der Waals surface area contributed by atoms with E-state index in [4.69, 9.17) is 5.73 Å². The van der Waals surface area contributed by atoms with Crippen LogP contribution in [0.25, 0.3) is 0 Å². The fourth-order valence-electron chi connectivity index (χ4n) is 3.73. The van der Waals surface area contributed by atoms with E-state index in [1.807, 2.05) is 0 Å². The number of rotatable bonds is 3. The minimum absolute atomic E-state index is 0.100. The first-order valence-corrected chi connectivity index (χ1v) is 8.26. The maximum absolute atomic E-state index is 12.6. The first-order chi connectivity index (χ1) is 9.22. The molecular weight excluding hydrogens is 236 g/mol. The van der Waals surface area contributed by atoms with E-state index < -0.39 is 0 Å². The van der Waals surface area contributed by atoms with Crippen molar-refractivity contribution in [2.75, 3.05) is 13.1 Å². The van der Waals surface area contributed by atoms with Crippen LogP contribution in [0.15, 0.2) is 0 Å². The maximum atomic E-state index is 12.6. The molecule has 3 heteroatoms. The summed E-state index contributed by atoms with van der Waals surface area (Å²) in [5.41, 5.74) is 6.21. The summed E-state index contributed by atoms with van der Waals surface area (Å²) in [6, 6.07) is 0.100. The Kier molecular flexibility index (Phi) is 5.68. The van der Waals surface area contributed by atoms with Gasteiger partial charge in [-0.2, -0.15) is 0 Å². The highest BCUT2D eigenvalue weighted by Gasteiger charge is 2.32. The number of piperidine rings is 1. The fraction of sp³-hybridized carbons (Fsp3) is 0.938. The van der Waals surface area contributed by atoms with Crippen molar-refractivity contribution >= 4 is 5.91 Å². The van der Waals surface area contributed by atoms with Gasteiger partial charge in [-0.25, -0.2) is 0 Å². The predicted octanol–water partition coefficient (Wildman–Crippen LogP) is 2.93. The van der Waals surface area contributed by atoms with Gasteiger partial charge in [-0.15, -0.1) is 0 Å². The summed E-state index contributed by atoms with van der Waals surface area (Å²) < 4.78 is 0. The molecule has 0 spiro atoms. The number of nitrogens with two attached hydrogens (primary N) is 1. The average molecular weight is 266 g/mol. The number of hydrogen-bond donors (Lipinski definition) is 1. The van der Waals surface area contributed by atoms with Crippen LogP contribution >= 0.6 is 0 Å². The number of carbonyl (C=O) groups is 1. The molecule has 1 aliphatic carbocycles. The van der Waals surface area contributed by atoms with Gasteiger partial charge in [0.05, 0.1) is 5.92 Å². The van der Waals surface area contributed by atoms with Gasteiger partial charge in [0.2, 0.25) is 5.91 Å². The molecule has 0 radical (unpaired) electrons. The number of nitrogens with zero attached hydrogens (tertiary/aromatic N) is 1. The molecule has 2 rings (SSSR count). The SMILES string of the molecule is CCCC1CCN(C(=O)C2CCCCCC2N)CC1. The third-order valence-electron chi connectivity index (χ3n) is 5.01. The van der Waals surface area contributed by atoms with Gasteiger partial charge in [-0.1, -0.05) is 39.0 Å². The minimum atomic E-state index is 0.100. The summed E-state index contributed by atoms with van der Waals surface area (Å²) in [4.78, 5) is 14.7. The van der Waals surface area contributed by atoms with Gasteiger partial charge in [0, 0.05) is 19.1 Å². The first-order valence-electron chi connectivity index (χ1n) is 8.26. The van der Waals surface area contributed by atoms with Crippen LogP contribution in [0, 0.1) is 11.8 Å². The average Bonchev–Trinajstić information content (AvgIpc) is 2.64. The van der Waals surface area contributed by atoms with Gasteiger partial charge >= 0.3 is 0 Å². The fourth-order valence-corrected chi connectivity index (χ4v) is 3.73. The largest absolute Gasteiger partial charge is 0.342 e. The second kappa shape index (κ2) is 7.28. The zero-order valence-electron chi connectivity index (χ0n) is 12.4. The summed E-state index contributed by atoms with van der Waals surface area (Å²) in [6.45, 7) is 4.18. The zero-order valence-corrected chi connectivity index (χ0v) is 12.4. The van der Waals surface area contributed by atoms with E-state index >= 15 is 0 Å². The number of hydrogen-bond acceptors (Lipinski definition) is 2. The topological polar surface area (TPSA) is 46.3 Å². The highest BCUT2D eigenvalue weighted by molar-refractivity contribution is 5.79. The van der Waals surface area contributed by atoms with Crippen molar-refractivity contribution in [3.05, 3.63) is 0 Å². The van der Waals surface area contributed by atoms with Crippen molar-refractivity contribution in [3.63, 3.8) is 0 Å². The van der Waals surface area contributed by atoms with Gasteiger partial charge in [-0.3, -0.25) is 4.79 Å². The Bertz CT molecular complexity index is 284. The van der Waals surface area contributed by atoms with Crippen LogP contribution in [0.5, 0.6) is 0 Å². The van der Waals surface area contributed by atoms with Crippen LogP contribution in [-0.2, 0) is 4.79 Å². The summed E-state index contributed by atoms with van der Waals surface area (Å²) in [7, 11) is 0. The van der Waals surface area contributed by atoms with E-state index in [-0.39, 0.29) is 12.0 Å². The molecule has 2 atom stereocenters. The summed E-state index contributed by atoms with van der Waals surface area (Å²) >= 11 is 0. The molecule has 1 aliphatic heterocycles. The molecule has 2 aliphatic rings. The molecular formula is C16H30N2O. The first kappa shape index (κ1) is 14.8. The standard InChI is InChI=1S/C16H30N2O/c1-2-6-13-9-11-18(12-10-13)16(19)14-7-4-3-5-8-15(14)17/h13-15H,2-12,17H2,1H3. The van der Waals surface area contributed by atoms with Gasteiger partial charge < -0.3 is 10.6 Å². The van der Waals surface area contributed by atoms with E-state index in [1.54, 1.807) is 0 Å². The molecule has 19 heavy (non-hydrogen) atoms. The molecule has 1 amide bonds. The van der Waals surface area contributed by atoms with Gasteiger partial charge in [0.15, 0.2) is 0 Å². The second-order valence-corrected chi connectivity index (χ2v) is 6.47. The zero-order chi connectivity index (χ0) is 13.7. The van der Waals surface area contributed by atoms with Gasteiger partial charge in [0.1, 0.15) is 0 Å². The lowest BCUT2D eigenvalue weighted by atomic mass is 9.89. The molecule has 110 valence electrons. The van der Waals surface area contributed by atoms with Crippen molar-refractivity contribution in [2.45, 2.75) is 70.8 Å². The van der Waals surface area contributed by atoms with E-state index in [9.17, 15) is 4.79 Å². The molecule has 0 bridgehead atoms.